The minimum absolute atomic E-state index is 0.157. The summed E-state index contributed by atoms with van der Waals surface area (Å²) in [5.74, 6) is 0. The van der Waals surface area contributed by atoms with Gasteiger partial charge in [-0.05, 0) is 49.6 Å². The molecule has 1 rings (SSSR count). The molecule has 0 aliphatic rings. The van der Waals surface area contributed by atoms with E-state index in [1.807, 2.05) is 6.07 Å². The molecule has 0 fully saturated rings. The fourth-order valence-corrected chi connectivity index (χ4v) is 2.70. The van der Waals surface area contributed by atoms with E-state index < -0.39 is 0 Å². The summed E-state index contributed by atoms with van der Waals surface area (Å²) in [6.45, 7) is 3.57. The van der Waals surface area contributed by atoms with Gasteiger partial charge in [0.2, 0.25) is 0 Å². The average Bonchev–Trinajstić information content (AvgIpc) is 2.45. The molecule has 0 aliphatic carbocycles. The van der Waals surface area contributed by atoms with Crippen molar-refractivity contribution < 1.29 is 9.47 Å². The zero-order valence-corrected chi connectivity index (χ0v) is 15.1. The lowest BCUT2D eigenvalue weighted by Gasteiger charge is -2.31. The summed E-state index contributed by atoms with van der Waals surface area (Å²) in [5, 5.41) is 0. The molecule has 0 bridgehead atoms. The van der Waals surface area contributed by atoms with Gasteiger partial charge in [0.05, 0.1) is 13.2 Å². The van der Waals surface area contributed by atoms with Gasteiger partial charge in [0.15, 0.2) is 0 Å². The maximum Gasteiger partial charge on any atom is 0.0589 e. The van der Waals surface area contributed by atoms with E-state index >= 15 is 0 Å². The van der Waals surface area contributed by atoms with E-state index in [-0.39, 0.29) is 6.04 Å². The first-order valence-corrected chi connectivity index (χ1v) is 8.09. The van der Waals surface area contributed by atoms with E-state index in [2.05, 4.69) is 48.9 Å². The predicted octanol–water partition coefficient (Wildman–Crippen LogP) is 2.81. The van der Waals surface area contributed by atoms with Crippen LogP contribution in [-0.2, 0) is 9.47 Å². The molecular formula is C14H22Br2N2O2. The van der Waals surface area contributed by atoms with Crippen molar-refractivity contribution in [1.29, 1.82) is 0 Å². The second-order valence-corrected chi connectivity index (χ2v) is 6.16. The largest absolute Gasteiger partial charge is 0.383 e. The number of methoxy groups -OCH3 is 2. The van der Waals surface area contributed by atoms with Crippen molar-refractivity contribution in [3.05, 3.63) is 32.7 Å². The molecule has 0 heterocycles. The highest BCUT2D eigenvalue weighted by atomic mass is 79.9. The number of benzene rings is 1. The van der Waals surface area contributed by atoms with Crippen LogP contribution in [-0.4, -0.2) is 52.0 Å². The first-order chi connectivity index (χ1) is 9.63. The fraction of sp³-hybridized carbons (Fsp3) is 0.571. The van der Waals surface area contributed by atoms with Gasteiger partial charge in [-0.2, -0.15) is 0 Å². The Hall–Kier alpha value is 0.0200. The van der Waals surface area contributed by atoms with Gasteiger partial charge in [-0.3, -0.25) is 4.90 Å². The van der Waals surface area contributed by atoms with E-state index in [1.54, 1.807) is 14.2 Å². The van der Waals surface area contributed by atoms with Crippen molar-refractivity contribution >= 4 is 31.9 Å². The zero-order chi connectivity index (χ0) is 15.0. The second kappa shape index (κ2) is 9.87. The van der Waals surface area contributed by atoms with Crippen LogP contribution in [0.15, 0.2) is 27.1 Å². The highest BCUT2D eigenvalue weighted by molar-refractivity contribution is 9.13. The van der Waals surface area contributed by atoms with Crippen LogP contribution in [0.5, 0.6) is 0 Å². The van der Waals surface area contributed by atoms with Crippen LogP contribution in [0, 0.1) is 0 Å². The topological polar surface area (TPSA) is 47.7 Å². The van der Waals surface area contributed by atoms with Gasteiger partial charge in [-0.1, -0.05) is 6.07 Å². The van der Waals surface area contributed by atoms with Crippen LogP contribution >= 0.6 is 31.9 Å². The smallest absolute Gasteiger partial charge is 0.0589 e. The van der Waals surface area contributed by atoms with Crippen LogP contribution in [0.1, 0.15) is 11.6 Å². The van der Waals surface area contributed by atoms with Crippen LogP contribution < -0.4 is 5.73 Å². The third kappa shape index (κ3) is 5.42. The molecule has 20 heavy (non-hydrogen) atoms. The molecule has 0 radical (unpaired) electrons. The van der Waals surface area contributed by atoms with Crippen molar-refractivity contribution in [2.45, 2.75) is 6.04 Å². The van der Waals surface area contributed by atoms with E-state index in [9.17, 15) is 0 Å². The van der Waals surface area contributed by atoms with Gasteiger partial charge in [0.1, 0.15) is 0 Å². The molecule has 0 aliphatic heterocycles. The molecule has 0 saturated heterocycles. The van der Waals surface area contributed by atoms with Crippen LogP contribution in [0.4, 0.5) is 0 Å². The van der Waals surface area contributed by atoms with E-state index in [0.717, 1.165) is 22.0 Å². The number of nitrogens with two attached hydrogens (primary N) is 1. The standard InChI is InChI=1S/C14H22Br2N2O2/c1-19-7-5-18(6-8-20-2)14(10-17)11-3-4-12(15)13(16)9-11/h3-4,9,14H,5-8,10,17H2,1-2H3. The molecule has 114 valence electrons. The van der Waals surface area contributed by atoms with E-state index in [4.69, 9.17) is 15.2 Å². The van der Waals surface area contributed by atoms with Gasteiger partial charge in [0.25, 0.3) is 0 Å². The lowest BCUT2D eigenvalue weighted by atomic mass is 10.1. The Morgan fingerprint density at radius 3 is 2.15 bits per heavy atom. The first kappa shape index (κ1) is 18.1. The highest BCUT2D eigenvalue weighted by Gasteiger charge is 2.19. The Balaban J connectivity index is 2.88. The second-order valence-electron chi connectivity index (χ2n) is 4.45. The van der Waals surface area contributed by atoms with Gasteiger partial charge < -0.3 is 15.2 Å². The van der Waals surface area contributed by atoms with Crippen molar-refractivity contribution in [1.82, 2.24) is 4.90 Å². The van der Waals surface area contributed by atoms with Crippen molar-refractivity contribution in [2.75, 3.05) is 47.1 Å². The number of rotatable bonds is 9. The summed E-state index contributed by atoms with van der Waals surface area (Å²) in [4.78, 5) is 2.29. The maximum absolute atomic E-state index is 5.99. The molecule has 0 aromatic heterocycles. The third-order valence-corrected chi connectivity index (χ3v) is 5.04. The molecule has 0 spiro atoms. The monoisotopic (exact) mass is 408 g/mol. The third-order valence-electron chi connectivity index (χ3n) is 3.16. The average molecular weight is 410 g/mol. The molecule has 0 amide bonds. The minimum Gasteiger partial charge on any atom is -0.383 e. The summed E-state index contributed by atoms with van der Waals surface area (Å²) >= 11 is 7.03. The van der Waals surface area contributed by atoms with Crippen LogP contribution in [0.2, 0.25) is 0 Å². The first-order valence-electron chi connectivity index (χ1n) is 6.51. The van der Waals surface area contributed by atoms with Gasteiger partial charge in [-0.15, -0.1) is 0 Å². The summed E-state index contributed by atoms with van der Waals surface area (Å²) in [5.41, 5.74) is 7.18. The lowest BCUT2D eigenvalue weighted by Crippen LogP contribution is -2.38. The Labute approximate surface area is 137 Å². The van der Waals surface area contributed by atoms with E-state index in [0.29, 0.717) is 19.8 Å². The van der Waals surface area contributed by atoms with Crippen molar-refractivity contribution in [3.63, 3.8) is 0 Å². The van der Waals surface area contributed by atoms with Crippen molar-refractivity contribution in [2.24, 2.45) is 5.73 Å². The van der Waals surface area contributed by atoms with Gasteiger partial charge >= 0.3 is 0 Å². The molecule has 1 atom stereocenters. The predicted molar refractivity (Wildman–Crippen MR) is 89.0 cm³/mol. The number of nitrogens with zero attached hydrogens (tertiary/aromatic N) is 1. The fourth-order valence-electron chi connectivity index (χ4n) is 2.06. The molecule has 2 N–H and O–H groups in total. The Morgan fingerprint density at radius 1 is 1.10 bits per heavy atom. The van der Waals surface area contributed by atoms with Crippen LogP contribution in [0.3, 0.4) is 0 Å². The quantitative estimate of drug-likeness (QED) is 0.681. The molecule has 4 nitrogen and oxygen atoms in total. The molecule has 1 aromatic rings. The lowest BCUT2D eigenvalue weighted by molar-refractivity contribution is 0.0891. The Bertz CT molecular complexity index is 397. The summed E-state index contributed by atoms with van der Waals surface area (Å²) in [6, 6.07) is 6.39. The molecule has 1 aromatic carbocycles. The number of hydrogen-bond acceptors (Lipinski definition) is 4. The van der Waals surface area contributed by atoms with Gasteiger partial charge in [-0.25, -0.2) is 0 Å². The number of ether oxygens (including phenoxy) is 2. The van der Waals surface area contributed by atoms with Crippen molar-refractivity contribution in [3.8, 4) is 0 Å². The summed E-state index contributed by atoms with van der Waals surface area (Å²) in [7, 11) is 3.42. The van der Waals surface area contributed by atoms with Gasteiger partial charge in [0, 0.05) is 48.8 Å². The Kier molecular flexibility index (Phi) is 8.91. The number of hydrogen-bond donors (Lipinski definition) is 1. The highest BCUT2D eigenvalue weighted by Crippen LogP contribution is 2.28. The normalized spacial score (nSPS) is 12.9. The Morgan fingerprint density at radius 2 is 1.70 bits per heavy atom. The van der Waals surface area contributed by atoms with Crippen LogP contribution in [0.25, 0.3) is 0 Å². The van der Waals surface area contributed by atoms with E-state index in [1.165, 1.54) is 5.56 Å². The number of halogens is 2. The summed E-state index contributed by atoms with van der Waals surface area (Å²) < 4.78 is 12.4. The maximum atomic E-state index is 5.99. The molecule has 0 saturated carbocycles. The molecule has 6 heteroatoms. The SMILES string of the molecule is COCCN(CCOC)C(CN)c1ccc(Br)c(Br)c1. The molecule has 1 unspecified atom stereocenters. The minimum atomic E-state index is 0.157. The zero-order valence-electron chi connectivity index (χ0n) is 11.9. The molecular weight excluding hydrogens is 388 g/mol. The summed E-state index contributed by atoms with van der Waals surface area (Å²) in [6.07, 6.45) is 0.